The summed E-state index contributed by atoms with van der Waals surface area (Å²) in [6, 6.07) is 8.76. The fourth-order valence-corrected chi connectivity index (χ4v) is 2.85. The van der Waals surface area contributed by atoms with Gasteiger partial charge in [0.25, 0.3) is 0 Å². The van der Waals surface area contributed by atoms with Crippen molar-refractivity contribution >= 4 is 11.7 Å². The van der Waals surface area contributed by atoms with Crippen molar-refractivity contribution in [3.05, 3.63) is 29.8 Å². The summed E-state index contributed by atoms with van der Waals surface area (Å²) in [5.74, 6) is 0. The molecule has 21 heavy (non-hydrogen) atoms. The van der Waals surface area contributed by atoms with Gasteiger partial charge >= 0.3 is 6.03 Å². The molecular weight excluding hydrogens is 262 g/mol. The molecule has 2 rings (SSSR count). The highest BCUT2D eigenvalue weighted by atomic mass is 16.2. The first-order chi connectivity index (χ1) is 10.1. The second-order valence-electron chi connectivity index (χ2n) is 6.01. The first-order valence-electron chi connectivity index (χ1n) is 7.99. The molecule has 1 aromatic rings. The first kappa shape index (κ1) is 15.8. The Morgan fingerprint density at radius 3 is 2.57 bits per heavy atom. The Morgan fingerprint density at radius 1 is 1.29 bits per heavy atom. The van der Waals surface area contributed by atoms with Crippen molar-refractivity contribution in [3.8, 4) is 0 Å². The van der Waals surface area contributed by atoms with E-state index in [1.54, 1.807) is 0 Å². The van der Waals surface area contributed by atoms with Gasteiger partial charge in [0, 0.05) is 30.9 Å². The van der Waals surface area contributed by atoms with Gasteiger partial charge in [-0.15, -0.1) is 0 Å². The molecule has 0 saturated carbocycles. The van der Waals surface area contributed by atoms with Crippen molar-refractivity contribution in [2.75, 3.05) is 18.4 Å². The highest BCUT2D eigenvalue weighted by molar-refractivity contribution is 5.90. The van der Waals surface area contributed by atoms with Crippen LogP contribution in [0.25, 0.3) is 0 Å². The number of piperidine rings is 1. The second kappa shape index (κ2) is 7.46. The van der Waals surface area contributed by atoms with Crippen molar-refractivity contribution in [1.82, 2.24) is 10.2 Å². The van der Waals surface area contributed by atoms with Crippen LogP contribution in [0.3, 0.4) is 0 Å². The number of benzene rings is 1. The lowest BCUT2D eigenvalue weighted by Gasteiger charge is -2.34. The lowest BCUT2D eigenvalue weighted by atomic mass is 10.0. The molecule has 2 amide bonds. The zero-order valence-corrected chi connectivity index (χ0v) is 13.4. The summed E-state index contributed by atoms with van der Waals surface area (Å²) in [5.41, 5.74) is 2.08. The molecular formula is C17H27N3O. The molecule has 0 radical (unpaired) electrons. The number of para-hydroxylation sites is 1. The van der Waals surface area contributed by atoms with Gasteiger partial charge < -0.3 is 15.5 Å². The van der Waals surface area contributed by atoms with E-state index >= 15 is 0 Å². The maximum atomic E-state index is 12.1. The Bertz CT molecular complexity index is 465. The van der Waals surface area contributed by atoms with Gasteiger partial charge in [0.1, 0.15) is 0 Å². The standard InChI is InChI=1S/C17H27N3O/c1-4-14-7-5-6-8-16(14)19-17(21)18-15-9-11-20(12-10-15)13(2)3/h5-8,13,15H,4,9-12H2,1-3H3,(H2,18,19,21). The number of carbonyl (C=O) groups is 1. The van der Waals surface area contributed by atoms with Crippen molar-refractivity contribution < 1.29 is 4.79 Å². The molecule has 4 nitrogen and oxygen atoms in total. The average molecular weight is 289 g/mol. The zero-order valence-electron chi connectivity index (χ0n) is 13.4. The fourth-order valence-electron chi connectivity index (χ4n) is 2.85. The molecule has 1 heterocycles. The van der Waals surface area contributed by atoms with Crippen LogP contribution >= 0.6 is 0 Å². The van der Waals surface area contributed by atoms with Gasteiger partial charge in [-0.3, -0.25) is 0 Å². The number of aryl methyl sites for hydroxylation is 1. The molecule has 1 aliphatic heterocycles. The number of rotatable bonds is 4. The van der Waals surface area contributed by atoms with Gasteiger partial charge in [-0.25, -0.2) is 4.79 Å². The number of hydrogen-bond acceptors (Lipinski definition) is 2. The third kappa shape index (κ3) is 4.46. The van der Waals surface area contributed by atoms with Crippen LogP contribution < -0.4 is 10.6 Å². The fraction of sp³-hybridized carbons (Fsp3) is 0.588. The predicted octanol–water partition coefficient (Wildman–Crippen LogP) is 3.24. The summed E-state index contributed by atoms with van der Waals surface area (Å²) in [6.07, 6.45) is 2.98. The summed E-state index contributed by atoms with van der Waals surface area (Å²) in [5, 5.41) is 6.08. The highest BCUT2D eigenvalue weighted by Gasteiger charge is 2.22. The Kier molecular flexibility index (Phi) is 5.62. The Hall–Kier alpha value is -1.55. The first-order valence-corrected chi connectivity index (χ1v) is 7.99. The molecule has 2 N–H and O–H groups in total. The van der Waals surface area contributed by atoms with Crippen LogP contribution in [0, 0.1) is 0 Å². The summed E-state index contributed by atoms with van der Waals surface area (Å²) in [6.45, 7) is 8.67. The van der Waals surface area contributed by atoms with Crippen molar-refractivity contribution in [1.29, 1.82) is 0 Å². The van der Waals surface area contributed by atoms with Gasteiger partial charge in [-0.05, 0) is 44.7 Å². The van der Waals surface area contributed by atoms with Crippen LogP contribution in [0.5, 0.6) is 0 Å². The molecule has 116 valence electrons. The van der Waals surface area contributed by atoms with Gasteiger partial charge in [-0.1, -0.05) is 25.1 Å². The van der Waals surface area contributed by atoms with E-state index in [1.165, 1.54) is 5.56 Å². The minimum atomic E-state index is -0.0844. The minimum absolute atomic E-state index is 0.0844. The van der Waals surface area contributed by atoms with Gasteiger partial charge in [-0.2, -0.15) is 0 Å². The maximum Gasteiger partial charge on any atom is 0.319 e. The molecule has 1 saturated heterocycles. The number of hydrogen-bond donors (Lipinski definition) is 2. The number of urea groups is 1. The van der Waals surface area contributed by atoms with Crippen molar-refractivity contribution in [3.63, 3.8) is 0 Å². The largest absolute Gasteiger partial charge is 0.335 e. The van der Waals surface area contributed by atoms with Crippen LogP contribution in [-0.2, 0) is 6.42 Å². The van der Waals surface area contributed by atoms with E-state index in [0.717, 1.165) is 38.0 Å². The number of anilines is 1. The topological polar surface area (TPSA) is 44.4 Å². The molecule has 4 heteroatoms. The molecule has 1 aromatic carbocycles. The van der Waals surface area contributed by atoms with E-state index in [4.69, 9.17) is 0 Å². The maximum absolute atomic E-state index is 12.1. The minimum Gasteiger partial charge on any atom is -0.335 e. The Labute approximate surface area is 127 Å². The lowest BCUT2D eigenvalue weighted by Crippen LogP contribution is -2.47. The average Bonchev–Trinajstić information content (AvgIpc) is 2.48. The number of likely N-dealkylation sites (tertiary alicyclic amines) is 1. The molecule has 0 atom stereocenters. The normalized spacial score (nSPS) is 17.0. The zero-order chi connectivity index (χ0) is 15.2. The molecule has 0 unspecified atom stereocenters. The number of carbonyl (C=O) groups excluding carboxylic acids is 1. The van der Waals surface area contributed by atoms with E-state index < -0.39 is 0 Å². The highest BCUT2D eigenvalue weighted by Crippen LogP contribution is 2.16. The van der Waals surface area contributed by atoms with E-state index in [9.17, 15) is 4.79 Å². The number of amides is 2. The van der Waals surface area contributed by atoms with E-state index in [0.29, 0.717) is 6.04 Å². The van der Waals surface area contributed by atoms with E-state index in [-0.39, 0.29) is 12.1 Å². The van der Waals surface area contributed by atoms with Gasteiger partial charge in [0.05, 0.1) is 0 Å². The molecule has 0 aliphatic carbocycles. The SMILES string of the molecule is CCc1ccccc1NC(=O)NC1CCN(C(C)C)CC1. The van der Waals surface area contributed by atoms with Crippen LogP contribution in [-0.4, -0.2) is 36.1 Å². The third-order valence-corrected chi connectivity index (χ3v) is 4.24. The molecule has 1 aliphatic rings. The third-order valence-electron chi connectivity index (χ3n) is 4.24. The quantitative estimate of drug-likeness (QED) is 0.893. The summed E-state index contributed by atoms with van der Waals surface area (Å²) < 4.78 is 0. The molecule has 0 spiro atoms. The van der Waals surface area contributed by atoms with Crippen LogP contribution in [0.15, 0.2) is 24.3 Å². The molecule has 0 aromatic heterocycles. The van der Waals surface area contributed by atoms with Crippen molar-refractivity contribution in [2.45, 2.75) is 52.1 Å². The Balaban J connectivity index is 1.83. The monoisotopic (exact) mass is 289 g/mol. The van der Waals surface area contributed by atoms with Crippen LogP contribution in [0.2, 0.25) is 0 Å². The lowest BCUT2D eigenvalue weighted by molar-refractivity contribution is 0.163. The van der Waals surface area contributed by atoms with E-state index in [1.807, 2.05) is 18.2 Å². The van der Waals surface area contributed by atoms with Crippen LogP contribution in [0.1, 0.15) is 39.2 Å². The Morgan fingerprint density at radius 2 is 1.95 bits per heavy atom. The van der Waals surface area contributed by atoms with Crippen molar-refractivity contribution in [2.24, 2.45) is 0 Å². The molecule has 0 bridgehead atoms. The second-order valence-corrected chi connectivity index (χ2v) is 6.01. The van der Waals surface area contributed by atoms with Gasteiger partial charge in [0.2, 0.25) is 0 Å². The predicted molar refractivity (Wildman–Crippen MR) is 87.7 cm³/mol. The van der Waals surface area contributed by atoms with E-state index in [2.05, 4.69) is 42.4 Å². The summed E-state index contributed by atoms with van der Waals surface area (Å²) >= 11 is 0. The summed E-state index contributed by atoms with van der Waals surface area (Å²) in [7, 11) is 0. The van der Waals surface area contributed by atoms with Crippen LogP contribution in [0.4, 0.5) is 10.5 Å². The number of nitrogens with zero attached hydrogens (tertiary/aromatic N) is 1. The smallest absolute Gasteiger partial charge is 0.319 e. The summed E-state index contributed by atoms with van der Waals surface area (Å²) in [4.78, 5) is 14.6. The van der Waals surface area contributed by atoms with Gasteiger partial charge in [0.15, 0.2) is 0 Å². The number of nitrogens with one attached hydrogen (secondary N) is 2. The molecule has 1 fully saturated rings.